The molecule has 0 atom stereocenters. The number of benzene rings is 2. The van der Waals surface area contributed by atoms with E-state index in [-0.39, 0.29) is 5.96 Å². The monoisotopic (exact) mass is 437 g/mol. The second-order valence-corrected chi connectivity index (χ2v) is 7.35. The van der Waals surface area contributed by atoms with E-state index in [1.165, 1.54) is 25.7 Å². The van der Waals surface area contributed by atoms with Crippen molar-refractivity contribution in [2.24, 2.45) is 21.0 Å². The van der Waals surface area contributed by atoms with E-state index in [1.54, 1.807) is 12.4 Å². The third-order valence-corrected chi connectivity index (χ3v) is 4.56. The molecule has 0 heterocycles. The molecule has 2 aromatic carbocycles. The molecule has 0 spiro atoms. The van der Waals surface area contributed by atoms with Crippen LogP contribution in [0, 0.1) is 0 Å². The molecule has 7 nitrogen and oxygen atoms in total. The first-order valence-corrected chi connectivity index (χ1v) is 11.3. The van der Waals surface area contributed by atoms with Gasteiger partial charge in [0.05, 0.1) is 25.6 Å². The average molecular weight is 438 g/mol. The summed E-state index contributed by atoms with van der Waals surface area (Å²) < 4.78 is 11.4. The van der Waals surface area contributed by atoms with Crippen LogP contribution in [0.5, 0.6) is 11.5 Å². The Morgan fingerprint density at radius 2 is 1.28 bits per heavy atom. The largest absolute Gasteiger partial charge is 0.494 e. The Morgan fingerprint density at radius 3 is 1.78 bits per heavy atom. The van der Waals surface area contributed by atoms with E-state index in [0.29, 0.717) is 0 Å². The van der Waals surface area contributed by atoms with Crippen LogP contribution in [0.3, 0.4) is 0 Å². The highest BCUT2D eigenvalue weighted by Gasteiger charge is 1.96. The third-order valence-electron chi connectivity index (χ3n) is 4.56. The van der Waals surface area contributed by atoms with Crippen LogP contribution in [0.25, 0.3) is 0 Å². The van der Waals surface area contributed by atoms with Gasteiger partial charge < -0.3 is 15.2 Å². The maximum atomic E-state index is 5.78. The van der Waals surface area contributed by atoms with Crippen LogP contribution in [0.2, 0.25) is 0 Å². The minimum absolute atomic E-state index is 0.101. The highest BCUT2D eigenvalue weighted by Crippen LogP contribution is 2.13. The number of hydrogen-bond donors (Lipinski definition) is 2. The molecule has 3 N–H and O–H groups in total. The number of nitrogens with one attached hydrogen (secondary N) is 1. The zero-order chi connectivity index (χ0) is 22.9. The number of ether oxygens (including phenoxy) is 2. The van der Waals surface area contributed by atoms with Crippen molar-refractivity contribution < 1.29 is 9.47 Å². The molecule has 0 amide bonds. The van der Waals surface area contributed by atoms with E-state index in [9.17, 15) is 0 Å². The zero-order valence-corrected chi connectivity index (χ0v) is 19.2. The molecule has 0 unspecified atom stereocenters. The van der Waals surface area contributed by atoms with E-state index >= 15 is 0 Å². The molecule has 2 rings (SSSR count). The van der Waals surface area contributed by atoms with Crippen LogP contribution in [0.4, 0.5) is 0 Å². The van der Waals surface area contributed by atoms with Gasteiger partial charge in [-0.3, -0.25) is 0 Å². The number of hydrogen-bond acceptors (Lipinski definition) is 5. The van der Waals surface area contributed by atoms with E-state index in [1.807, 2.05) is 48.5 Å². The highest BCUT2D eigenvalue weighted by molar-refractivity contribution is 5.84. The predicted molar refractivity (Wildman–Crippen MR) is 133 cm³/mol. The van der Waals surface area contributed by atoms with Gasteiger partial charge in [0.1, 0.15) is 11.5 Å². The molecule has 0 aliphatic heterocycles. The van der Waals surface area contributed by atoms with Gasteiger partial charge in [-0.1, -0.05) is 39.5 Å². The number of rotatable bonds is 14. The van der Waals surface area contributed by atoms with Crippen molar-refractivity contribution in [2.75, 3.05) is 13.2 Å². The molecule has 0 saturated carbocycles. The van der Waals surface area contributed by atoms with Gasteiger partial charge in [0.15, 0.2) is 0 Å². The van der Waals surface area contributed by atoms with Gasteiger partial charge in [0.25, 0.3) is 0 Å². The molecular formula is C25H35N5O2. The zero-order valence-electron chi connectivity index (χ0n) is 19.2. The Labute approximate surface area is 191 Å². The molecule has 2 aromatic rings. The number of nitrogens with two attached hydrogens (primary N) is 1. The topological polar surface area (TPSA) is 93.6 Å². The molecule has 0 fully saturated rings. The first-order chi connectivity index (χ1) is 15.7. The Bertz CT molecular complexity index is 846. The quantitative estimate of drug-likeness (QED) is 0.186. The number of nitrogens with zero attached hydrogens (tertiary/aromatic N) is 3. The lowest BCUT2D eigenvalue weighted by molar-refractivity contribution is 0.306. The fourth-order valence-electron chi connectivity index (χ4n) is 2.74. The SMILES string of the molecule is CCCCCOc1ccc(C=NN=C(N)NN=Cc2ccc(OCCCCC)cc2)cc1. The van der Waals surface area contributed by atoms with Gasteiger partial charge in [-0.25, -0.2) is 5.43 Å². The summed E-state index contributed by atoms with van der Waals surface area (Å²) in [6, 6.07) is 15.4. The van der Waals surface area contributed by atoms with Crippen LogP contribution in [-0.4, -0.2) is 31.6 Å². The summed E-state index contributed by atoms with van der Waals surface area (Å²) in [5.41, 5.74) is 10.3. The summed E-state index contributed by atoms with van der Waals surface area (Å²) in [7, 11) is 0. The predicted octanol–water partition coefficient (Wildman–Crippen LogP) is 5.10. The molecule has 0 aliphatic carbocycles. The molecule has 0 bridgehead atoms. The van der Waals surface area contributed by atoms with Gasteiger partial charge >= 0.3 is 0 Å². The van der Waals surface area contributed by atoms with Crippen molar-refractivity contribution >= 4 is 18.4 Å². The van der Waals surface area contributed by atoms with Gasteiger partial charge in [-0.15, -0.1) is 5.10 Å². The lowest BCUT2D eigenvalue weighted by atomic mass is 10.2. The molecule has 0 saturated heterocycles. The van der Waals surface area contributed by atoms with E-state index < -0.39 is 0 Å². The lowest BCUT2D eigenvalue weighted by Gasteiger charge is -2.05. The Kier molecular flexibility index (Phi) is 12.0. The van der Waals surface area contributed by atoms with Crippen molar-refractivity contribution in [2.45, 2.75) is 52.4 Å². The first-order valence-electron chi connectivity index (χ1n) is 11.3. The van der Waals surface area contributed by atoms with Crippen LogP contribution >= 0.6 is 0 Å². The smallest absolute Gasteiger partial charge is 0.234 e. The van der Waals surface area contributed by atoms with Gasteiger partial charge in [0, 0.05) is 0 Å². The summed E-state index contributed by atoms with van der Waals surface area (Å²) >= 11 is 0. The summed E-state index contributed by atoms with van der Waals surface area (Å²) in [6.45, 7) is 5.84. The molecule has 0 aliphatic rings. The molecule has 0 radical (unpaired) electrons. The number of guanidine groups is 1. The van der Waals surface area contributed by atoms with Crippen molar-refractivity contribution in [1.29, 1.82) is 0 Å². The van der Waals surface area contributed by atoms with Crippen molar-refractivity contribution in [1.82, 2.24) is 5.43 Å². The summed E-state index contributed by atoms with van der Waals surface area (Å²) in [5, 5.41) is 11.9. The molecule has 7 heteroatoms. The molecular weight excluding hydrogens is 402 g/mol. The second-order valence-electron chi connectivity index (χ2n) is 7.35. The lowest BCUT2D eigenvalue weighted by Crippen LogP contribution is -2.26. The summed E-state index contributed by atoms with van der Waals surface area (Å²) in [6.07, 6.45) is 10.2. The van der Waals surface area contributed by atoms with E-state index in [4.69, 9.17) is 15.2 Å². The average Bonchev–Trinajstić information content (AvgIpc) is 2.81. The van der Waals surface area contributed by atoms with Crippen molar-refractivity contribution in [3.63, 3.8) is 0 Å². The normalized spacial score (nSPS) is 11.9. The van der Waals surface area contributed by atoms with Crippen molar-refractivity contribution in [3.8, 4) is 11.5 Å². The maximum Gasteiger partial charge on any atom is 0.234 e. The molecule has 32 heavy (non-hydrogen) atoms. The van der Waals surface area contributed by atoms with E-state index in [2.05, 4.69) is 34.6 Å². The van der Waals surface area contributed by atoms with Gasteiger partial charge in [0.2, 0.25) is 5.96 Å². The molecule has 0 aromatic heterocycles. The Balaban J connectivity index is 1.73. The van der Waals surface area contributed by atoms with E-state index in [0.717, 1.165) is 48.7 Å². The molecule has 172 valence electrons. The summed E-state index contributed by atoms with van der Waals surface area (Å²) in [5.74, 6) is 1.82. The van der Waals surface area contributed by atoms with Crippen LogP contribution in [0.1, 0.15) is 63.5 Å². The fraction of sp³-hybridized carbons (Fsp3) is 0.400. The highest BCUT2D eigenvalue weighted by atomic mass is 16.5. The minimum atomic E-state index is 0.101. The number of unbranched alkanes of at least 4 members (excludes halogenated alkanes) is 4. The summed E-state index contributed by atoms with van der Waals surface area (Å²) in [4.78, 5) is 0. The Hall–Kier alpha value is -3.35. The second kappa shape index (κ2) is 15.5. The first kappa shape index (κ1) is 24.9. The Morgan fingerprint density at radius 1 is 0.781 bits per heavy atom. The maximum absolute atomic E-state index is 5.78. The van der Waals surface area contributed by atoms with Gasteiger partial charge in [-0.2, -0.15) is 10.2 Å². The third kappa shape index (κ3) is 10.6. The van der Waals surface area contributed by atoms with Gasteiger partial charge in [-0.05, 0) is 72.5 Å². The fourth-order valence-corrected chi connectivity index (χ4v) is 2.74. The van der Waals surface area contributed by atoms with Crippen LogP contribution in [-0.2, 0) is 0 Å². The standard InChI is InChI=1S/C25H35N5O2/c1-3-5-7-17-31-23-13-9-21(10-14-23)19-27-29-25(26)30-28-20-22-11-15-24(16-12-22)32-18-8-6-4-2/h9-16,19-20H,3-8,17-18H2,1-2H3,(H3,26,29,30). The van der Waals surface area contributed by atoms with Crippen molar-refractivity contribution in [3.05, 3.63) is 59.7 Å². The minimum Gasteiger partial charge on any atom is -0.494 e. The number of hydrazone groups is 1. The van der Waals surface area contributed by atoms with Crippen LogP contribution in [0.15, 0.2) is 63.8 Å². The van der Waals surface area contributed by atoms with Crippen LogP contribution < -0.4 is 20.6 Å².